The smallest absolute Gasteiger partial charge is 0.338 e. The summed E-state index contributed by atoms with van der Waals surface area (Å²) in [7, 11) is 0. The number of carbonyl (C=O) groups is 4. The van der Waals surface area contributed by atoms with Crippen molar-refractivity contribution in [2.24, 2.45) is 0 Å². The number of para-hydroxylation sites is 1. The summed E-state index contributed by atoms with van der Waals surface area (Å²) in [5, 5.41) is 36.0. The maximum atomic E-state index is 14.1. The van der Waals surface area contributed by atoms with Gasteiger partial charge in [0.2, 0.25) is 17.6 Å². The summed E-state index contributed by atoms with van der Waals surface area (Å²) in [6, 6.07) is 30.2. The van der Waals surface area contributed by atoms with E-state index in [1.54, 1.807) is 63.2 Å². The van der Waals surface area contributed by atoms with Crippen LogP contribution in [0.1, 0.15) is 79.6 Å². The summed E-state index contributed by atoms with van der Waals surface area (Å²) in [6.07, 6.45) is 1.54. The molecule has 13 nitrogen and oxygen atoms in total. The molecule has 1 aliphatic carbocycles. The van der Waals surface area contributed by atoms with E-state index in [2.05, 4.69) is 10.6 Å². The van der Waals surface area contributed by atoms with E-state index < -0.39 is 78.2 Å². The summed E-state index contributed by atoms with van der Waals surface area (Å²) >= 11 is 0. The van der Waals surface area contributed by atoms with Gasteiger partial charge in [0.25, 0.3) is 0 Å². The van der Waals surface area contributed by atoms with Crippen molar-refractivity contribution >= 4 is 29.8 Å². The van der Waals surface area contributed by atoms with Crippen LogP contribution in [0.25, 0.3) is 6.08 Å². The zero-order chi connectivity index (χ0) is 44.4. The van der Waals surface area contributed by atoms with Crippen molar-refractivity contribution in [2.45, 2.75) is 101 Å². The van der Waals surface area contributed by atoms with Crippen LogP contribution in [0.4, 0.5) is 0 Å². The molecule has 1 fully saturated rings. The Morgan fingerprint density at radius 2 is 1.50 bits per heavy atom. The highest BCUT2D eigenvalue weighted by Gasteiger charge is 2.55. The number of fused-ring (bicyclic) bond motifs is 1. The largest absolute Gasteiger partial charge is 0.508 e. The Hall–Kier alpha value is -6.12. The average molecular weight is 847 g/mol. The molecule has 0 aromatic heterocycles. The van der Waals surface area contributed by atoms with Gasteiger partial charge < -0.3 is 44.9 Å². The minimum Gasteiger partial charge on any atom is -0.508 e. The normalized spacial score (nSPS) is 19.6. The molecule has 0 saturated carbocycles. The van der Waals surface area contributed by atoms with Crippen LogP contribution in [-0.2, 0) is 45.5 Å². The SMILES string of the molecule is CC(O)C(NC(=O)C1=CC2OC(c3ccccc3)(c3ccccc3)OC2C(OC(=O)c2ccc(C=CCc3ccccc3O)cc2)C1)C(=O)NC(CO)CCC(=O)OC(C)(C)C. The lowest BCUT2D eigenvalue weighted by Crippen LogP contribution is -2.55. The van der Waals surface area contributed by atoms with E-state index in [4.69, 9.17) is 18.9 Å². The molecule has 2 amide bonds. The molecule has 1 aliphatic heterocycles. The molecule has 4 aromatic carbocycles. The van der Waals surface area contributed by atoms with Crippen LogP contribution >= 0.6 is 0 Å². The van der Waals surface area contributed by atoms with Gasteiger partial charge in [-0.2, -0.15) is 0 Å². The van der Waals surface area contributed by atoms with Gasteiger partial charge in [-0.25, -0.2) is 4.79 Å². The van der Waals surface area contributed by atoms with Crippen LogP contribution in [0, 0.1) is 0 Å². The number of amides is 2. The van der Waals surface area contributed by atoms with Gasteiger partial charge in [0.05, 0.1) is 24.3 Å². The Balaban J connectivity index is 1.22. The topological polar surface area (TPSA) is 190 Å². The van der Waals surface area contributed by atoms with Gasteiger partial charge in [0, 0.05) is 29.5 Å². The third kappa shape index (κ3) is 11.4. The molecule has 0 radical (unpaired) electrons. The van der Waals surface area contributed by atoms with Crippen molar-refractivity contribution in [2.75, 3.05) is 6.61 Å². The number of aliphatic hydroxyl groups excluding tert-OH is 2. The Kier molecular flexibility index (Phi) is 14.8. The van der Waals surface area contributed by atoms with Crippen LogP contribution in [-0.4, -0.2) is 87.8 Å². The van der Waals surface area contributed by atoms with Crippen LogP contribution < -0.4 is 10.6 Å². The quantitative estimate of drug-likeness (QED) is 0.0877. The first-order chi connectivity index (χ1) is 29.7. The summed E-state index contributed by atoms with van der Waals surface area (Å²) in [5.74, 6) is -3.90. The number of hydrogen-bond donors (Lipinski definition) is 5. The molecule has 13 heteroatoms. The van der Waals surface area contributed by atoms with Crippen molar-refractivity contribution < 1.29 is 53.4 Å². The third-order valence-corrected chi connectivity index (χ3v) is 10.5. The number of carbonyl (C=O) groups excluding carboxylic acids is 4. The molecule has 6 rings (SSSR count). The number of hydrogen-bond acceptors (Lipinski definition) is 11. The number of benzene rings is 4. The molecule has 1 heterocycles. The van der Waals surface area contributed by atoms with Crippen molar-refractivity contribution in [3.05, 3.63) is 155 Å². The number of phenolic OH excluding ortho intramolecular Hbond substituents is 1. The van der Waals surface area contributed by atoms with Crippen LogP contribution in [0.5, 0.6) is 5.75 Å². The van der Waals surface area contributed by atoms with Gasteiger partial charge in [-0.3, -0.25) is 14.4 Å². The predicted octanol–water partition coefficient (Wildman–Crippen LogP) is 5.65. The zero-order valence-corrected chi connectivity index (χ0v) is 35.2. The first-order valence-electron chi connectivity index (χ1n) is 20.7. The second kappa shape index (κ2) is 20.2. The van der Waals surface area contributed by atoms with Gasteiger partial charge in [-0.1, -0.05) is 103 Å². The molecule has 1 saturated heterocycles. The van der Waals surface area contributed by atoms with Crippen molar-refractivity contribution in [1.29, 1.82) is 0 Å². The molecule has 0 bridgehead atoms. The van der Waals surface area contributed by atoms with E-state index in [1.807, 2.05) is 84.9 Å². The number of nitrogens with one attached hydrogen (secondary N) is 2. The molecule has 4 aromatic rings. The number of rotatable bonds is 16. The fourth-order valence-corrected chi connectivity index (χ4v) is 7.36. The molecular weight excluding hydrogens is 793 g/mol. The monoisotopic (exact) mass is 846 g/mol. The molecule has 5 N–H and O–H groups in total. The van der Waals surface area contributed by atoms with E-state index in [9.17, 15) is 34.5 Å². The lowest BCUT2D eigenvalue weighted by atomic mass is 9.91. The van der Waals surface area contributed by atoms with E-state index in [-0.39, 0.29) is 36.1 Å². The minimum atomic E-state index is -1.46. The molecule has 62 heavy (non-hydrogen) atoms. The zero-order valence-electron chi connectivity index (χ0n) is 35.2. The molecule has 2 aliphatic rings. The van der Waals surface area contributed by atoms with Crippen LogP contribution in [0.2, 0.25) is 0 Å². The second-order valence-corrected chi connectivity index (χ2v) is 16.4. The number of aliphatic hydroxyl groups is 2. The Bertz CT molecular complexity index is 2190. The lowest BCUT2D eigenvalue weighted by Gasteiger charge is -2.32. The number of esters is 2. The molecule has 326 valence electrons. The van der Waals surface area contributed by atoms with Gasteiger partial charge in [0.1, 0.15) is 35.7 Å². The number of aromatic hydroxyl groups is 1. The number of ether oxygens (including phenoxy) is 4. The maximum absolute atomic E-state index is 14.1. The minimum absolute atomic E-state index is 0.0554. The molecule has 6 atom stereocenters. The first kappa shape index (κ1) is 45.4. The van der Waals surface area contributed by atoms with E-state index in [1.165, 1.54) is 6.92 Å². The highest BCUT2D eigenvalue weighted by atomic mass is 16.8. The summed E-state index contributed by atoms with van der Waals surface area (Å²) in [4.78, 5) is 53.8. The van der Waals surface area contributed by atoms with Gasteiger partial charge in [-0.05, 0) is 75.9 Å². The Morgan fingerprint density at radius 1 is 0.871 bits per heavy atom. The van der Waals surface area contributed by atoms with Crippen LogP contribution in [0.3, 0.4) is 0 Å². The molecular formula is C49H54N2O11. The maximum Gasteiger partial charge on any atom is 0.338 e. The molecule has 6 unspecified atom stereocenters. The summed E-state index contributed by atoms with van der Waals surface area (Å²) in [5.41, 5.74) is 2.63. The van der Waals surface area contributed by atoms with E-state index in [0.717, 1.165) is 11.1 Å². The average Bonchev–Trinajstić information content (AvgIpc) is 3.66. The van der Waals surface area contributed by atoms with Crippen molar-refractivity contribution in [3.63, 3.8) is 0 Å². The molecule has 0 spiro atoms. The second-order valence-electron chi connectivity index (χ2n) is 16.4. The lowest BCUT2D eigenvalue weighted by molar-refractivity contribution is -0.157. The summed E-state index contributed by atoms with van der Waals surface area (Å²) in [6.45, 7) is 6.03. The highest BCUT2D eigenvalue weighted by Crippen LogP contribution is 2.47. The van der Waals surface area contributed by atoms with E-state index >= 15 is 0 Å². The van der Waals surface area contributed by atoms with Gasteiger partial charge in [0.15, 0.2) is 0 Å². The standard InChI is InChI=1S/C49H54N2O11/c1-31(53)43(46(57)50-38(30-52)26-27-42(55)61-48(2,3)4)51-45(56)35-28-40(59-47(58)34-24-22-32(23-25-34)14-13-16-33-15-11-12-21-39(33)54)44-41(29-35)60-49(62-44,36-17-7-5-8-18-36)37-19-9-6-10-20-37/h5-15,17-25,29,31,38,40-41,43-44,52-54H,16,26-28,30H2,1-4H3,(H,50,57)(H,51,56). The Labute approximate surface area is 361 Å². The predicted molar refractivity (Wildman–Crippen MR) is 230 cm³/mol. The van der Waals surface area contributed by atoms with Crippen molar-refractivity contribution in [3.8, 4) is 5.75 Å². The third-order valence-electron chi connectivity index (χ3n) is 10.5. The Morgan fingerprint density at radius 3 is 2.10 bits per heavy atom. The van der Waals surface area contributed by atoms with E-state index in [0.29, 0.717) is 17.5 Å². The van der Waals surface area contributed by atoms with Gasteiger partial charge >= 0.3 is 11.9 Å². The van der Waals surface area contributed by atoms with Crippen LogP contribution in [0.15, 0.2) is 127 Å². The van der Waals surface area contributed by atoms with Crippen molar-refractivity contribution in [1.82, 2.24) is 10.6 Å². The number of allylic oxidation sites excluding steroid dienone is 1. The summed E-state index contributed by atoms with van der Waals surface area (Å²) < 4.78 is 25.1. The fraction of sp³-hybridized carbons (Fsp3) is 0.347. The number of phenols is 1. The van der Waals surface area contributed by atoms with Gasteiger partial charge in [-0.15, -0.1) is 0 Å². The first-order valence-corrected chi connectivity index (χ1v) is 20.7. The highest BCUT2D eigenvalue weighted by molar-refractivity contribution is 5.98. The fourth-order valence-electron chi connectivity index (χ4n) is 7.36.